The molecule has 2 heterocycles. The van der Waals surface area contributed by atoms with Crippen molar-refractivity contribution in [2.75, 3.05) is 18.6 Å². The van der Waals surface area contributed by atoms with Gasteiger partial charge in [-0.25, -0.2) is 0 Å². The largest absolute Gasteiger partial charge is 0.485 e. The molecule has 4 nitrogen and oxygen atoms in total. The molecule has 0 bridgehead atoms. The lowest BCUT2D eigenvalue weighted by Gasteiger charge is -2.40. The zero-order valence-corrected chi connectivity index (χ0v) is 17.6. The van der Waals surface area contributed by atoms with E-state index in [0.29, 0.717) is 13.0 Å². The van der Waals surface area contributed by atoms with E-state index in [-0.39, 0.29) is 5.91 Å². The number of benzene rings is 3. The number of carbonyl (C=O) groups excluding carboxylic acids is 1. The van der Waals surface area contributed by atoms with Crippen molar-refractivity contribution < 1.29 is 14.3 Å². The highest BCUT2D eigenvalue weighted by Gasteiger charge is 2.61. The van der Waals surface area contributed by atoms with Crippen molar-refractivity contribution in [1.29, 1.82) is 0 Å². The van der Waals surface area contributed by atoms with Crippen molar-refractivity contribution in [2.45, 2.75) is 18.9 Å². The maximum Gasteiger partial charge on any atom is 0.237 e. The highest BCUT2D eigenvalue weighted by Crippen LogP contribution is 2.62. The first-order valence-corrected chi connectivity index (χ1v) is 10.6. The highest BCUT2D eigenvalue weighted by molar-refractivity contribution is 6.19. The molecule has 4 heteroatoms. The summed E-state index contributed by atoms with van der Waals surface area (Å²) < 4.78 is 13.0. The number of para-hydroxylation sites is 3. The van der Waals surface area contributed by atoms with Gasteiger partial charge in [-0.2, -0.15) is 0 Å². The third-order valence-corrected chi connectivity index (χ3v) is 6.89. The van der Waals surface area contributed by atoms with Crippen LogP contribution in [0.15, 0.2) is 78.9 Å². The van der Waals surface area contributed by atoms with E-state index in [4.69, 9.17) is 9.47 Å². The molecular weight excluding hydrogens is 386 g/mol. The minimum absolute atomic E-state index is 0.0916. The van der Waals surface area contributed by atoms with Gasteiger partial charge in [-0.1, -0.05) is 60.7 Å². The molecular formula is C27H23NO3. The van der Waals surface area contributed by atoms with E-state index in [0.717, 1.165) is 39.5 Å². The molecule has 1 amide bonds. The topological polar surface area (TPSA) is 38.8 Å². The van der Waals surface area contributed by atoms with Crippen LogP contribution in [0, 0.1) is 5.41 Å². The number of rotatable bonds is 1. The molecule has 31 heavy (non-hydrogen) atoms. The lowest BCUT2D eigenvalue weighted by molar-refractivity contribution is -0.126. The van der Waals surface area contributed by atoms with E-state index >= 15 is 0 Å². The molecule has 0 N–H and O–H groups in total. The Hall–Kier alpha value is -3.53. The number of amides is 1. The number of fused-ring (bicyclic) bond motifs is 4. The van der Waals surface area contributed by atoms with Crippen LogP contribution in [0.25, 0.3) is 11.1 Å². The van der Waals surface area contributed by atoms with Gasteiger partial charge in [0.1, 0.15) is 6.61 Å². The quantitative estimate of drug-likeness (QED) is 0.555. The van der Waals surface area contributed by atoms with E-state index in [2.05, 4.69) is 25.1 Å². The smallest absolute Gasteiger partial charge is 0.237 e. The van der Waals surface area contributed by atoms with Gasteiger partial charge in [0.25, 0.3) is 0 Å². The summed E-state index contributed by atoms with van der Waals surface area (Å²) in [5.74, 6) is 1.56. The maximum absolute atomic E-state index is 13.7. The first kappa shape index (κ1) is 18.3. The van der Waals surface area contributed by atoms with Gasteiger partial charge >= 0.3 is 0 Å². The predicted octanol–water partition coefficient (Wildman–Crippen LogP) is 5.19. The normalized spacial score (nSPS) is 26.1. The summed E-state index contributed by atoms with van der Waals surface area (Å²) in [4.78, 5) is 15.5. The monoisotopic (exact) mass is 409 g/mol. The second-order valence-corrected chi connectivity index (χ2v) is 8.84. The van der Waals surface area contributed by atoms with Crippen molar-refractivity contribution in [3.63, 3.8) is 0 Å². The number of hydrogen-bond acceptors (Lipinski definition) is 3. The Balaban J connectivity index is 1.67. The highest BCUT2D eigenvalue weighted by atomic mass is 16.6. The van der Waals surface area contributed by atoms with Gasteiger partial charge in [-0.15, -0.1) is 0 Å². The van der Waals surface area contributed by atoms with Gasteiger partial charge < -0.3 is 14.4 Å². The van der Waals surface area contributed by atoms with E-state index < -0.39 is 11.0 Å². The Kier molecular flexibility index (Phi) is 3.67. The molecule has 1 aliphatic carbocycles. The van der Waals surface area contributed by atoms with Gasteiger partial charge in [-0.3, -0.25) is 4.79 Å². The molecule has 3 aromatic carbocycles. The van der Waals surface area contributed by atoms with Crippen LogP contribution in [-0.2, 0) is 4.79 Å². The van der Waals surface area contributed by atoms with Crippen LogP contribution in [0.3, 0.4) is 0 Å². The Morgan fingerprint density at radius 3 is 2.32 bits per heavy atom. The lowest BCUT2D eigenvalue weighted by atomic mass is 9.74. The molecule has 3 aliphatic rings. The molecule has 2 atom stereocenters. The third kappa shape index (κ3) is 2.39. The van der Waals surface area contributed by atoms with Crippen molar-refractivity contribution in [1.82, 2.24) is 0 Å². The average Bonchev–Trinajstić information content (AvgIpc) is 3.07. The fourth-order valence-electron chi connectivity index (χ4n) is 5.63. The molecule has 0 saturated carbocycles. The predicted molar refractivity (Wildman–Crippen MR) is 121 cm³/mol. The van der Waals surface area contributed by atoms with E-state index in [1.165, 1.54) is 0 Å². The summed E-state index contributed by atoms with van der Waals surface area (Å²) in [7, 11) is 1.86. The molecule has 154 valence electrons. The van der Waals surface area contributed by atoms with Gasteiger partial charge in [0.2, 0.25) is 5.91 Å². The van der Waals surface area contributed by atoms with Crippen LogP contribution >= 0.6 is 0 Å². The summed E-state index contributed by atoms with van der Waals surface area (Å²) in [6, 6.07) is 26.2. The van der Waals surface area contributed by atoms with E-state index in [9.17, 15) is 4.79 Å². The fourth-order valence-corrected chi connectivity index (χ4v) is 5.63. The second kappa shape index (κ2) is 6.24. The lowest BCUT2D eigenvalue weighted by Crippen LogP contribution is -2.49. The third-order valence-electron chi connectivity index (χ3n) is 6.89. The number of anilines is 1. The Morgan fingerprint density at radius 2 is 1.52 bits per heavy atom. The number of ether oxygens (including phenoxy) is 2. The Labute approximate surface area is 181 Å². The molecule has 3 aromatic rings. The SMILES string of the molecule is CN1C(=O)C2(C)CC3(COc4ccccc4O3)C(c3ccccc3)=C2c2ccccc21. The Bertz CT molecular complexity index is 1250. The van der Waals surface area contributed by atoms with Crippen LogP contribution < -0.4 is 14.4 Å². The fraction of sp³-hybridized carbons (Fsp3) is 0.222. The molecule has 2 aliphatic heterocycles. The maximum atomic E-state index is 13.7. The van der Waals surface area contributed by atoms with Gasteiger partial charge in [-0.05, 0) is 36.3 Å². The Morgan fingerprint density at radius 1 is 0.839 bits per heavy atom. The number of nitrogens with zero attached hydrogens (tertiary/aromatic N) is 1. The molecule has 1 spiro atoms. The van der Waals surface area contributed by atoms with Crippen LogP contribution in [0.1, 0.15) is 24.5 Å². The summed E-state index contributed by atoms with van der Waals surface area (Å²) in [5.41, 5.74) is 3.75. The molecule has 2 unspecified atom stereocenters. The summed E-state index contributed by atoms with van der Waals surface area (Å²) in [6.45, 7) is 2.42. The van der Waals surface area contributed by atoms with Crippen molar-refractivity contribution in [3.05, 3.63) is 90.0 Å². The molecule has 0 saturated heterocycles. The molecule has 0 radical (unpaired) electrons. The van der Waals surface area contributed by atoms with Crippen molar-refractivity contribution in [2.24, 2.45) is 5.41 Å². The molecule has 0 aromatic heterocycles. The average molecular weight is 409 g/mol. The van der Waals surface area contributed by atoms with Crippen LogP contribution in [0.4, 0.5) is 5.69 Å². The van der Waals surface area contributed by atoms with Crippen LogP contribution in [0.5, 0.6) is 11.5 Å². The summed E-state index contributed by atoms with van der Waals surface area (Å²) in [6.07, 6.45) is 0.533. The second-order valence-electron chi connectivity index (χ2n) is 8.84. The number of carbonyl (C=O) groups is 1. The van der Waals surface area contributed by atoms with E-state index in [1.807, 2.05) is 67.7 Å². The van der Waals surface area contributed by atoms with Gasteiger partial charge in [0.15, 0.2) is 17.1 Å². The summed E-state index contributed by atoms with van der Waals surface area (Å²) >= 11 is 0. The van der Waals surface area contributed by atoms with E-state index in [1.54, 1.807) is 4.90 Å². The molecule has 0 fully saturated rings. The van der Waals surface area contributed by atoms with Gasteiger partial charge in [0, 0.05) is 24.6 Å². The minimum atomic E-state index is -0.742. The first-order chi connectivity index (χ1) is 15.0. The minimum Gasteiger partial charge on any atom is -0.485 e. The van der Waals surface area contributed by atoms with Crippen LogP contribution in [-0.4, -0.2) is 25.2 Å². The zero-order chi connectivity index (χ0) is 21.2. The van der Waals surface area contributed by atoms with Gasteiger partial charge in [0.05, 0.1) is 11.1 Å². The number of hydrogen-bond donors (Lipinski definition) is 0. The first-order valence-electron chi connectivity index (χ1n) is 10.6. The van der Waals surface area contributed by atoms with Crippen molar-refractivity contribution in [3.8, 4) is 11.5 Å². The standard InChI is InChI=1S/C27H23NO3/c1-26-16-27(17-30-21-14-8-9-15-22(21)31-27)23(18-10-4-3-5-11-18)24(26)19-12-6-7-13-20(19)28(2)25(26)29/h3-15H,16-17H2,1-2H3. The zero-order valence-electron chi connectivity index (χ0n) is 17.6. The summed E-state index contributed by atoms with van der Waals surface area (Å²) in [5, 5.41) is 0. The molecule has 6 rings (SSSR count). The van der Waals surface area contributed by atoms with Crippen LogP contribution in [0.2, 0.25) is 0 Å². The van der Waals surface area contributed by atoms with Crippen molar-refractivity contribution >= 4 is 22.7 Å².